The van der Waals surface area contributed by atoms with E-state index in [2.05, 4.69) is 28.7 Å². The van der Waals surface area contributed by atoms with Crippen LogP contribution < -0.4 is 10.6 Å². The fourth-order valence-corrected chi connectivity index (χ4v) is 3.06. The molecule has 0 bridgehead atoms. The Morgan fingerprint density at radius 1 is 1.47 bits per heavy atom. The zero-order valence-electron chi connectivity index (χ0n) is 9.96. The SMILES string of the molecule is CC1SCCN(c2cnc(C(N)=S)cn2)C1C. The predicted molar refractivity (Wildman–Crippen MR) is 76.6 cm³/mol. The molecule has 0 aromatic carbocycles. The Bertz CT molecular complexity index is 406. The molecule has 0 saturated carbocycles. The van der Waals surface area contributed by atoms with Crippen LogP contribution >= 0.6 is 24.0 Å². The van der Waals surface area contributed by atoms with Crippen molar-refractivity contribution in [3.05, 3.63) is 18.1 Å². The van der Waals surface area contributed by atoms with Crippen molar-refractivity contribution in [1.82, 2.24) is 9.97 Å². The molecule has 0 aliphatic carbocycles. The van der Waals surface area contributed by atoms with Crippen molar-refractivity contribution in [2.24, 2.45) is 5.73 Å². The van der Waals surface area contributed by atoms with Crippen LogP contribution in [0.15, 0.2) is 12.4 Å². The summed E-state index contributed by atoms with van der Waals surface area (Å²) >= 11 is 6.86. The van der Waals surface area contributed by atoms with Crippen LogP contribution in [0, 0.1) is 0 Å². The Labute approximate surface area is 111 Å². The standard InChI is InChI=1S/C11H16N4S2/c1-7-8(2)17-4-3-15(7)10-6-13-9(5-14-10)11(12)16/h5-8H,3-4H2,1-2H3,(H2,12,16). The molecule has 17 heavy (non-hydrogen) atoms. The van der Waals surface area contributed by atoms with E-state index in [9.17, 15) is 0 Å². The molecule has 1 fully saturated rings. The molecule has 2 atom stereocenters. The van der Waals surface area contributed by atoms with Crippen LogP contribution in [0.4, 0.5) is 5.82 Å². The summed E-state index contributed by atoms with van der Waals surface area (Å²) in [6.07, 6.45) is 3.41. The van der Waals surface area contributed by atoms with Crippen molar-refractivity contribution in [3.63, 3.8) is 0 Å². The van der Waals surface area contributed by atoms with Crippen molar-refractivity contribution in [2.75, 3.05) is 17.2 Å². The Balaban J connectivity index is 2.19. The molecule has 1 aromatic heterocycles. The van der Waals surface area contributed by atoms with E-state index in [0.29, 0.717) is 22.0 Å². The monoisotopic (exact) mass is 268 g/mol. The van der Waals surface area contributed by atoms with Crippen molar-refractivity contribution in [1.29, 1.82) is 0 Å². The first kappa shape index (κ1) is 12.6. The molecule has 2 N–H and O–H groups in total. The number of hydrogen-bond donors (Lipinski definition) is 1. The van der Waals surface area contributed by atoms with Gasteiger partial charge in [0, 0.05) is 23.6 Å². The Kier molecular flexibility index (Phi) is 3.83. The summed E-state index contributed by atoms with van der Waals surface area (Å²) in [5.41, 5.74) is 6.08. The zero-order valence-corrected chi connectivity index (χ0v) is 11.6. The number of nitrogens with two attached hydrogens (primary N) is 1. The summed E-state index contributed by atoms with van der Waals surface area (Å²) in [5.74, 6) is 2.04. The molecule has 0 amide bonds. The van der Waals surface area contributed by atoms with E-state index in [4.69, 9.17) is 18.0 Å². The van der Waals surface area contributed by atoms with Gasteiger partial charge in [-0.15, -0.1) is 0 Å². The molecular formula is C11H16N4S2. The average Bonchev–Trinajstić information content (AvgIpc) is 2.33. The Hall–Kier alpha value is -0.880. The molecule has 1 saturated heterocycles. The number of hydrogen-bond acceptors (Lipinski definition) is 5. The summed E-state index contributed by atoms with van der Waals surface area (Å²) in [5, 5.41) is 0.612. The summed E-state index contributed by atoms with van der Waals surface area (Å²) in [6, 6.07) is 0.471. The largest absolute Gasteiger partial charge is 0.388 e. The van der Waals surface area contributed by atoms with Gasteiger partial charge in [-0.3, -0.25) is 0 Å². The van der Waals surface area contributed by atoms with E-state index in [-0.39, 0.29) is 0 Å². The molecule has 4 nitrogen and oxygen atoms in total. The number of anilines is 1. The van der Waals surface area contributed by atoms with Gasteiger partial charge >= 0.3 is 0 Å². The lowest BCUT2D eigenvalue weighted by Gasteiger charge is -2.38. The van der Waals surface area contributed by atoms with Crippen molar-refractivity contribution in [2.45, 2.75) is 25.1 Å². The van der Waals surface area contributed by atoms with Crippen LogP contribution in [-0.2, 0) is 0 Å². The van der Waals surface area contributed by atoms with Gasteiger partial charge < -0.3 is 10.6 Å². The fourth-order valence-electron chi connectivity index (χ4n) is 1.85. The molecule has 2 unspecified atom stereocenters. The summed E-state index contributed by atoms with van der Waals surface area (Å²) in [6.45, 7) is 5.48. The van der Waals surface area contributed by atoms with Crippen molar-refractivity contribution < 1.29 is 0 Å². The van der Waals surface area contributed by atoms with Crippen LogP contribution in [-0.4, -0.2) is 38.5 Å². The van der Waals surface area contributed by atoms with Gasteiger partial charge in [-0.05, 0) is 6.92 Å². The highest BCUT2D eigenvalue weighted by molar-refractivity contribution is 8.00. The topological polar surface area (TPSA) is 55.0 Å². The van der Waals surface area contributed by atoms with E-state index >= 15 is 0 Å². The first-order valence-electron chi connectivity index (χ1n) is 5.59. The van der Waals surface area contributed by atoms with Crippen LogP contribution in [0.2, 0.25) is 0 Å². The zero-order chi connectivity index (χ0) is 12.4. The van der Waals surface area contributed by atoms with Gasteiger partial charge in [0.15, 0.2) is 0 Å². The van der Waals surface area contributed by atoms with Gasteiger partial charge in [0.05, 0.1) is 12.4 Å². The fraction of sp³-hybridized carbons (Fsp3) is 0.545. The van der Waals surface area contributed by atoms with Crippen LogP contribution in [0.1, 0.15) is 19.5 Å². The second-order valence-corrected chi connectivity index (χ2v) is 6.06. The molecule has 0 radical (unpaired) electrons. The first-order valence-corrected chi connectivity index (χ1v) is 7.05. The van der Waals surface area contributed by atoms with Gasteiger partial charge in [0.25, 0.3) is 0 Å². The number of nitrogens with zero attached hydrogens (tertiary/aromatic N) is 3. The van der Waals surface area contributed by atoms with Gasteiger partial charge in [-0.25, -0.2) is 9.97 Å². The van der Waals surface area contributed by atoms with E-state index in [1.807, 2.05) is 11.8 Å². The third kappa shape index (κ3) is 2.69. The average molecular weight is 268 g/mol. The normalized spacial score (nSPS) is 24.7. The molecule has 1 aromatic rings. The van der Waals surface area contributed by atoms with E-state index < -0.39 is 0 Å². The van der Waals surface area contributed by atoms with Gasteiger partial charge in [0.1, 0.15) is 16.5 Å². The minimum absolute atomic E-state index is 0.291. The maximum atomic E-state index is 5.50. The van der Waals surface area contributed by atoms with Crippen molar-refractivity contribution in [3.8, 4) is 0 Å². The van der Waals surface area contributed by atoms with E-state index in [1.54, 1.807) is 12.4 Å². The van der Waals surface area contributed by atoms with Gasteiger partial charge in [0.2, 0.25) is 0 Å². The summed E-state index contributed by atoms with van der Waals surface area (Å²) < 4.78 is 0. The van der Waals surface area contributed by atoms with Crippen molar-refractivity contribution >= 4 is 34.8 Å². The number of rotatable bonds is 2. The second-order valence-electron chi connectivity index (χ2n) is 4.13. The number of aromatic nitrogens is 2. The molecule has 1 aliphatic heterocycles. The molecule has 1 aliphatic rings. The smallest absolute Gasteiger partial charge is 0.147 e. The maximum Gasteiger partial charge on any atom is 0.147 e. The quantitative estimate of drug-likeness (QED) is 0.819. The number of thiocarbonyl (C=S) groups is 1. The van der Waals surface area contributed by atoms with Crippen LogP contribution in [0.25, 0.3) is 0 Å². The minimum Gasteiger partial charge on any atom is -0.388 e. The lowest BCUT2D eigenvalue weighted by Crippen LogP contribution is -2.45. The molecular weight excluding hydrogens is 252 g/mol. The predicted octanol–water partition coefficient (Wildman–Crippen LogP) is 1.44. The van der Waals surface area contributed by atoms with E-state index in [0.717, 1.165) is 18.1 Å². The minimum atomic E-state index is 0.291. The van der Waals surface area contributed by atoms with E-state index in [1.165, 1.54) is 0 Å². The molecule has 2 rings (SSSR count). The Morgan fingerprint density at radius 2 is 2.24 bits per heavy atom. The molecule has 6 heteroatoms. The highest BCUT2D eigenvalue weighted by Gasteiger charge is 2.26. The first-order chi connectivity index (χ1) is 8.09. The number of thioether (sulfide) groups is 1. The lowest BCUT2D eigenvalue weighted by atomic mass is 10.2. The maximum absolute atomic E-state index is 5.50. The molecule has 2 heterocycles. The lowest BCUT2D eigenvalue weighted by molar-refractivity contribution is 0.619. The summed E-state index contributed by atoms with van der Waals surface area (Å²) in [7, 11) is 0. The Morgan fingerprint density at radius 3 is 2.82 bits per heavy atom. The highest BCUT2D eigenvalue weighted by Crippen LogP contribution is 2.27. The third-order valence-electron chi connectivity index (χ3n) is 3.07. The van der Waals surface area contributed by atoms with Crippen LogP contribution in [0.3, 0.4) is 0 Å². The van der Waals surface area contributed by atoms with Gasteiger partial charge in [-0.2, -0.15) is 11.8 Å². The highest BCUT2D eigenvalue weighted by atomic mass is 32.2. The second kappa shape index (κ2) is 5.18. The van der Waals surface area contributed by atoms with Crippen LogP contribution in [0.5, 0.6) is 0 Å². The third-order valence-corrected chi connectivity index (χ3v) is 4.62. The van der Waals surface area contributed by atoms with Gasteiger partial charge in [-0.1, -0.05) is 19.1 Å². The molecule has 92 valence electrons. The summed E-state index contributed by atoms with van der Waals surface area (Å²) in [4.78, 5) is 11.2. The molecule has 0 spiro atoms.